The molecular formula is C10H19NO3. The fourth-order valence-electron chi connectivity index (χ4n) is 1.37. The molecule has 0 spiro atoms. The van der Waals surface area contributed by atoms with E-state index in [1.807, 2.05) is 20.8 Å². The molecule has 0 aromatic heterocycles. The van der Waals surface area contributed by atoms with Crippen molar-refractivity contribution in [3.05, 3.63) is 0 Å². The lowest BCUT2D eigenvalue weighted by atomic mass is 10.2. The Morgan fingerprint density at radius 2 is 2.14 bits per heavy atom. The summed E-state index contributed by atoms with van der Waals surface area (Å²) >= 11 is 0. The first-order chi connectivity index (χ1) is 6.38. The van der Waals surface area contributed by atoms with Gasteiger partial charge in [-0.2, -0.15) is 0 Å². The summed E-state index contributed by atoms with van der Waals surface area (Å²) in [5, 5.41) is 0. The van der Waals surface area contributed by atoms with Crippen molar-refractivity contribution < 1.29 is 14.3 Å². The van der Waals surface area contributed by atoms with Gasteiger partial charge in [0, 0.05) is 13.5 Å². The van der Waals surface area contributed by atoms with Crippen molar-refractivity contribution in [1.82, 2.24) is 4.90 Å². The molecule has 0 aliphatic carbocycles. The van der Waals surface area contributed by atoms with Crippen molar-refractivity contribution in [3.8, 4) is 0 Å². The zero-order valence-corrected chi connectivity index (χ0v) is 9.37. The minimum Gasteiger partial charge on any atom is -0.349 e. The molecule has 1 aliphatic rings. The van der Waals surface area contributed by atoms with Crippen molar-refractivity contribution >= 4 is 5.91 Å². The number of ether oxygens (including phenoxy) is 2. The first-order valence-corrected chi connectivity index (χ1v) is 4.93. The smallest absolute Gasteiger partial charge is 0.219 e. The average molecular weight is 201 g/mol. The highest BCUT2D eigenvalue weighted by Gasteiger charge is 2.26. The molecule has 0 aromatic carbocycles. The normalized spacial score (nSPS) is 23.7. The molecule has 0 N–H and O–H groups in total. The van der Waals surface area contributed by atoms with Gasteiger partial charge in [0.05, 0.1) is 18.8 Å². The summed E-state index contributed by atoms with van der Waals surface area (Å²) in [7, 11) is 0. The summed E-state index contributed by atoms with van der Waals surface area (Å²) in [5.74, 6) is 0.0795. The van der Waals surface area contributed by atoms with Crippen LogP contribution in [0.5, 0.6) is 0 Å². The van der Waals surface area contributed by atoms with Gasteiger partial charge >= 0.3 is 0 Å². The average Bonchev–Trinajstić information content (AvgIpc) is 2.01. The Bertz CT molecular complexity index is 210. The predicted molar refractivity (Wildman–Crippen MR) is 52.8 cm³/mol. The number of morpholine rings is 1. The highest BCUT2D eigenvalue weighted by molar-refractivity contribution is 5.73. The van der Waals surface area contributed by atoms with E-state index in [0.717, 1.165) is 0 Å². The lowest BCUT2D eigenvalue weighted by Gasteiger charge is -2.35. The van der Waals surface area contributed by atoms with Crippen molar-refractivity contribution in [1.29, 1.82) is 0 Å². The van der Waals surface area contributed by atoms with Gasteiger partial charge in [-0.05, 0) is 20.8 Å². The Kier molecular flexibility index (Phi) is 3.50. The van der Waals surface area contributed by atoms with Gasteiger partial charge in [-0.15, -0.1) is 0 Å². The summed E-state index contributed by atoms with van der Waals surface area (Å²) in [5.41, 5.74) is -0.232. The molecule has 1 heterocycles. The molecule has 4 nitrogen and oxygen atoms in total. The fraction of sp³-hybridized carbons (Fsp3) is 0.900. The lowest BCUT2D eigenvalue weighted by molar-refractivity contribution is -0.221. The summed E-state index contributed by atoms with van der Waals surface area (Å²) < 4.78 is 11.1. The number of carbonyl (C=O) groups is 1. The molecule has 4 heteroatoms. The molecule has 0 saturated carbocycles. The summed E-state index contributed by atoms with van der Waals surface area (Å²) in [4.78, 5) is 12.9. The number of carbonyl (C=O) groups excluding carboxylic acids is 1. The van der Waals surface area contributed by atoms with E-state index in [1.165, 1.54) is 0 Å². The molecule has 0 radical (unpaired) electrons. The van der Waals surface area contributed by atoms with Gasteiger partial charge in [0.1, 0.15) is 0 Å². The Balaban J connectivity index is 2.44. The standard InChI is InChI=1S/C10H19NO3/c1-8(12)11-5-6-13-9(7-11)14-10(2,3)4/h9H,5-7H2,1-4H3. The van der Waals surface area contributed by atoms with Crippen LogP contribution in [0, 0.1) is 0 Å². The van der Waals surface area contributed by atoms with E-state index in [1.54, 1.807) is 11.8 Å². The van der Waals surface area contributed by atoms with Crippen LogP contribution in [0.1, 0.15) is 27.7 Å². The molecule has 0 aromatic rings. The maximum Gasteiger partial charge on any atom is 0.219 e. The Morgan fingerprint density at radius 1 is 1.50 bits per heavy atom. The van der Waals surface area contributed by atoms with Crippen LogP contribution >= 0.6 is 0 Å². The van der Waals surface area contributed by atoms with E-state index < -0.39 is 0 Å². The zero-order valence-electron chi connectivity index (χ0n) is 9.37. The summed E-state index contributed by atoms with van der Waals surface area (Å²) in [6.07, 6.45) is -0.285. The largest absolute Gasteiger partial charge is 0.349 e. The van der Waals surface area contributed by atoms with Crippen LogP contribution in [-0.4, -0.2) is 42.4 Å². The monoisotopic (exact) mass is 201 g/mol. The van der Waals surface area contributed by atoms with Crippen LogP contribution in [0.15, 0.2) is 0 Å². The summed E-state index contributed by atoms with van der Waals surface area (Å²) in [6.45, 7) is 9.25. The van der Waals surface area contributed by atoms with Gasteiger partial charge in [0.2, 0.25) is 5.91 Å². The molecule has 82 valence electrons. The first-order valence-electron chi connectivity index (χ1n) is 4.93. The van der Waals surface area contributed by atoms with Crippen LogP contribution < -0.4 is 0 Å². The van der Waals surface area contributed by atoms with Crippen LogP contribution in [0.25, 0.3) is 0 Å². The van der Waals surface area contributed by atoms with Crippen LogP contribution in [0.4, 0.5) is 0 Å². The van der Waals surface area contributed by atoms with Crippen molar-refractivity contribution in [2.75, 3.05) is 19.7 Å². The summed E-state index contributed by atoms with van der Waals surface area (Å²) in [6, 6.07) is 0. The van der Waals surface area contributed by atoms with E-state index in [4.69, 9.17) is 9.47 Å². The second-order valence-corrected chi connectivity index (χ2v) is 4.50. The Hall–Kier alpha value is -0.610. The Morgan fingerprint density at radius 3 is 2.64 bits per heavy atom. The first kappa shape index (κ1) is 11.5. The topological polar surface area (TPSA) is 38.8 Å². The van der Waals surface area contributed by atoms with Gasteiger partial charge in [0.15, 0.2) is 6.29 Å². The van der Waals surface area contributed by atoms with E-state index in [2.05, 4.69) is 0 Å². The lowest BCUT2D eigenvalue weighted by Crippen LogP contribution is -2.47. The van der Waals surface area contributed by atoms with E-state index in [-0.39, 0.29) is 17.8 Å². The highest BCUT2D eigenvalue weighted by Crippen LogP contribution is 2.15. The van der Waals surface area contributed by atoms with Gasteiger partial charge in [0.25, 0.3) is 0 Å². The number of rotatable bonds is 1. The zero-order chi connectivity index (χ0) is 10.8. The second-order valence-electron chi connectivity index (χ2n) is 4.50. The fourth-order valence-corrected chi connectivity index (χ4v) is 1.37. The minimum absolute atomic E-state index is 0.0795. The van der Waals surface area contributed by atoms with Gasteiger partial charge in [-0.25, -0.2) is 0 Å². The molecule has 1 unspecified atom stereocenters. The maximum atomic E-state index is 11.1. The third kappa shape index (κ3) is 3.64. The van der Waals surface area contributed by atoms with Crippen LogP contribution in [0.3, 0.4) is 0 Å². The molecule has 1 rings (SSSR count). The van der Waals surface area contributed by atoms with E-state index in [0.29, 0.717) is 19.7 Å². The third-order valence-corrected chi connectivity index (χ3v) is 1.96. The number of nitrogens with zero attached hydrogens (tertiary/aromatic N) is 1. The minimum atomic E-state index is -0.285. The molecule has 0 bridgehead atoms. The van der Waals surface area contributed by atoms with Crippen LogP contribution in [-0.2, 0) is 14.3 Å². The molecule has 1 saturated heterocycles. The van der Waals surface area contributed by atoms with E-state index in [9.17, 15) is 4.79 Å². The van der Waals surface area contributed by atoms with E-state index >= 15 is 0 Å². The highest BCUT2D eigenvalue weighted by atomic mass is 16.7. The Labute approximate surface area is 85.2 Å². The second kappa shape index (κ2) is 4.28. The number of amides is 1. The number of hydrogen-bond donors (Lipinski definition) is 0. The molecule has 1 amide bonds. The predicted octanol–water partition coefficient (Wildman–Crippen LogP) is 1.01. The number of hydrogen-bond acceptors (Lipinski definition) is 3. The van der Waals surface area contributed by atoms with Crippen molar-refractivity contribution in [2.24, 2.45) is 0 Å². The van der Waals surface area contributed by atoms with Crippen molar-refractivity contribution in [3.63, 3.8) is 0 Å². The third-order valence-electron chi connectivity index (χ3n) is 1.96. The molecule has 1 fully saturated rings. The molecule has 14 heavy (non-hydrogen) atoms. The quantitative estimate of drug-likeness (QED) is 0.635. The van der Waals surface area contributed by atoms with Gasteiger partial charge < -0.3 is 14.4 Å². The molecule has 1 atom stereocenters. The maximum absolute atomic E-state index is 11.1. The van der Waals surface area contributed by atoms with Gasteiger partial charge in [-0.1, -0.05) is 0 Å². The SMILES string of the molecule is CC(=O)N1CCOC(OC(C)(C)C)C1. The van der Waals surface area contributed by atoms with Crippen LogP contribution in [0.2, 0.25) is 0 Å². The molecule has 1 aliphatic heterocycles. The van der Waals surface area contributed by atoms with Crippen molar-refractivity contribution in [2.45, 2.75) is 39.6 Å². The molecular weight excluding hydrogens is 182 g/mol. The van der Waals surface area contributed by atoms with Gasteiger partial charge in [-0.3, -0.25) is 4.79 Å².